The zero-order valence-electron chi connectivity index (χ0n) is 10.9. The molecular formula is C15H23NO. The first-order valence-corrected chi connectivity index (χ1v) is 6.65. The van der Waals surface area contributed by atoms with Gasteiger partial charge >= 0.3 is 0 Å². The van der Waals surface area contributed by atoms with E-state index in [-0.39, 0.29) is 12.6 Å². The van der Waals surface area contributed by atoms with Crippen molar-refractivity contribution in [3.05, 3.63) is 34.9 Å². The van der Waals surface area contributed by atoms with E-state index < -0.39 is 0 Å². The number of nitrogens with one attached hydrogen (secondary N) is 1. The summed E-state index contributed by atoms with van der Waals surface area (Å²) in [5.41, 5.74) is 3.85. The SMILES string of the molecule is Cc1cccc(C(CO)NC2CCCC2)c1C. The van der Waals surface area contributed by atoms with E-state index in [1.165, 1.54) is 42.4 Å². The molecule has 0 bridgehead atoms. The van der Waals surface area contributed by atoms with Crippen LogP contribution in [0.2, 0.25) is 0 Å². The van der Waals surface area contributed by atoms with Gasteiger partial charge in [-0.05, 0) is 43.4 Å². The molecule has 0 saturated heterocycles. The lowest BCUT2D eigenvalue weighted by Crippen LogP contribution is -2.33. The predicted octanol–water partition coefficient (Wildman–Crippen LogP) is 2.87. The van der Waals surface area contributed by atoms with E-state index in [2.05, 4.69) is 37.4 Å². The Morgan fingerprint density at radius 1 is 1.29 bits per heavy atom. The quantitative estimate of drug-likeness (QED) is 0.838. The molecule has 2 N–H and O–H groups in total. The van der Waals surface area contributed by atoms with Crippen LogP contribution < -0.4 is 5.32 Å². The van der Waals surface area contributed by atoms with Crippen LogP contribution in [0.5, 0.6) is 0 Å². The molecule has 1 fully saturated rings. The Labute approximate surface area is 104 Å². The maximum atomic E-state index is 9.59. The van der Waals surface area contributed by atoms with Crippen molar-refractivity contribution in [2.24, 2.45) is 0 Å². The van der Waals surface area contributed by atoms with Gasteiger partial charge in [0.05, 0.1) is 12.6 Å². The molecule has 1 aromatic rings. The second-order valence-corrected chi connectivity index (χ2v) is 5.17. The molecule has 2 nitrogen and oxygen atoms in total. The van der Waals surface area contributed by atoms with Crippen LogP contribution in [0.1, 0.15) is 48.4 Å². The number of hydrogen-bond acceptors (Lipinski definition) is 2. The Morgan fingerprint density at radius 3 is 2.65 bits per heavy atom. The van der Waals surface area contributed by atoms with Gasteiger partial charge in [-0.1, -0.05) is 31.0 Å². The molecule has 0 amide bonds. The molecule has 1 aliphatic rings. The number of hydrogen-bond donors (Lipinski definition) is 2. The van der Waals surface area contributed by atoms with Gasteiger partial charge in [0.1, 0.15) is 0 Å². The Balaban J connectivity index is 2.13. The van der Waals surface area contributed by atoms with Gasteiger partial charge in [0.25, 0.3) is 0 Å². The molecule has 94 valence electrons. The summed E-state index contributed by atoms with van der Waals surface area (Å²) in [5, 5.41) is 13.2. The van der Waals surface area contributed by atoms with Crippen LogP contribution in [0, 0.1) is 13.8 Å². The van der Waals surface area contributed by atoms with E-state index in [4.69, 9.17) is 0 Å². The summed E-state index contributed by atoms with van der Waals surface area (Å²) in [6, 6.07) is 7.02. The highest BCUT2D eigenvalue weighted by Gasteiger charge is 2.20. The van der Waals surface area contributed by atoms with E-state index >= 15 is 0 Å². The van der Waals surface area contributed by atoms with Crippen LogP contribution in [0.4, 0.5) is 0 Å². The molecule has 1 saturated carbocycles. The summed E-state index contributed by atoms with van der Waals surface area (Å²) < 4.78 is 0. The van der Waals surface area contributed by atoms with Gasteiger partial charge in [-0.25, -0.2) is 0 Å². The molecule has 1 unspecified atom stereocenters. The van der Waals surface area contributed by atoms with Gasteiger partial charge in [-0.15, -0.1) is 0 Å². The molecule has 1 aliphatic carbocycles. The van der Waals surface area contributed by atoms with E-state index in [1.54, 1.807) is 0 Å². The molecule has 2 rings (SSSR count). The first-order chi connectivity index (χ1) is 8.22. The fraction of sp³-hybridized carbons (Fsp3) is 0.600. The molecule has 0 radical (unpaired) electrons. The minimum absolute atomic E-state index is 0.0954. The van der Waals surface area contributed by atoms with E-state index in [0.29, 0.717) is 6.04 Å². The average molecular weight is 233 g/mol. The van der Waals surface area contributed by atoms with Crippen LogP contribution in [0.25, 0.3) is 0 Å². The van der Waals surface area contributed by atoms with Crippen LogP contribution in [-0.4, -0.2) is 17.8 Å². The largest absolute Gasteiger partial charge is 0.394 e. The predicted molar refractivity (Wildman–Crippen MR) is 71.1 cm³/mol. The van der Waals surface area contributed by atoms with E-state index in [9.17, 15) is 5.11 Å². The Bertz CT molecular complexity index is 369. The topological polar surface area (TPSA) is 32.3 Å². The Morgan fingerprint density at radius 2 is 2.00 bits per heavy atom. The molecule has 0 aliphatic heterocycles. The van der Waals surface area contributed by atoms with Crippen LogP contribution in [-0.2, 0) is 0 Å². The van der Waals surface area contributed by atoms with Crippen molar-refractivity contribution < 1.29 is 5.11 Å². The number of aliphatic hydroxyl groups is 1. The van der Waals surface area contributed by atoms with Crippen molar-refractivity contribution in [1.82, 2.24) is 5.32 Å². The van der Waals surface area contributed by atoms with Crippen LogP contribution >= 0.6 is 0 Å². The molecule has 0 aromatic heterocycles. The normalized spacial score (nSPS) is 18.5. The lowest BCUT2D eigenvalue weighted by molar-refractivity contribution is 0.232. The third-order valence-electron chi connectivity index (χ3n) is 4.00. The molecular weight excluding hydrogens is 210 g/mol. The van der Waals surface area contributed by atoms with Gasteiger partial charge in [-0.3, -0.25) is 0 Å². The first kappa shape index (κ1) is 12.6. The number of aryl methyl sites for hydroxylation is 1. The van der Waals surface area contributed by atoms with Gasteiger partial charge in [0.15, 0.2) is 0 Å². The minimum atomic E-state index is 0.0954. The fourth-order valence-corrected chi connectivity index (χ4v) is 2.77. The van der Waals surface area contributed by atoms with Crippen molar-refractivity contribution in [2.45, 2.75) is 51.6 Å². The van der Waals surface area contributed by atoms with Crippen molar-refractivity contribution in [3.8, 4) is 0 Å². The summed E-state index contributed by atoms with van der Waals surface area (Å²) in [5.74, 6) is 0. The summed E-state index contributed by atoms with van der Waals surface area (Å²) in [7, 11) is 0. The lowest BCUT2D eigenvalue weighted by atomic mass is 9.97. The molecule has 17 heavy (non-hydrogen) atoms. The highest BCUT2D eigenvalue weighted by molar-refractivity contribution is 5.35. The average Bonchev–Trinajstić information content (AvgIpc) is 2.83. The molecule has 0 heterocycles. The minimum Gasteiger partial charge on any atom is -0.394 e. The molecule has 2 heteroatoms. The van der Waals surface area contributed by atoms with Crippen molar-refractivity contribution in [3.63, 3.8) is 0 Å². The van der Waals surface area contributed by atoms with E-state index in [0.717, 1.165) is 0 Å². The van der Waals surface area contributed by atoms with Crippen molar-refractivity contribution >= 4 is 0 Å². The zero-order chi connectivity index (χ0) is 12.3. The smallest absolute Gasteiger partial charge is 0.0626 e. The van der Waals surface area contributed by atoms with Crippen molar-refractivity contribution in [1.29, 1.82) is 0 Å². The lowest BCUT2D eigenvalue weighted by Gasteiger charge is -2.23. The fourth-order valence-electron chi connectivity index (χ4n) is 2.77. The van der Waals surface area contributed by atoms with Gasteiger partial charge in [0.2, 0.25) is 0 Å². The molecule has 1 aromatic carbocycles. The van der Waals surface area contributed by atoms with Crippen LogP contribution in [0.3, 0.4) is 0 Å². The maximum absolute atomic E-state index is 9.59. The first-order valence-electron chi connectivity index (χ1n) is 6.65. The maximum Gasteiger partial charge on any atom is 0.0626 e. The highest BCUT2D eigenvalue weighted by Crippen LogP contribution is 2.24. The summed E-state index contributed by atoms with van der Waals surface area (Å²) in [4.78, 5) is 0. The monoisotopic (exact) mass is 233 g/mol. The van der Waals surface area contributed by atoms with Gasteiger partial charge in [-0.2, -0.15) is 0 Å². The molecule has 0 spiro atoms. The van der Waals surface area contributed by atoms with Crippen molar-refractivity contribution in [2.75, 3.05) is 6.61 Å². The van der Waals surface area contributed by atoms with Crippen LogP contribution in [0.15, 0.2) is 18.2 Å². The number of aliphatic hydroxyl groups excluding tert-OH is 1. The second-order valence-electron chi connectivity index (χ2n) is 5.17. The standard InChI is InChI=1S/C15H23NO/c1-11-6-5-9-14(12(11)2)15(10-17)16-13-7-3-4-8-13/h5-6,9,13,15-17H,3-4,7-8,10H2,1-2H3. The summed E-state index contributed by atoms with van der Waals surface area (Å²) in [6.45, 7) is 4.45. The van der Waals surface area contributed by atoms with E-state index in [1.807, 2.05) is 0 Å². The Kier molecular flexibility index (Phi) is 4.19. The number of benzene rings is 1. The zero-order valence-corrected chi connectivity index (χ0v) is 10.9. The third-order valence-corrected chi connectivity index (χ3v) is 4.00. The third kappa shape index (κ3) is 2.88. The molecule has 1 atom stereocenters. The summed E-state index contributed by atoms with van der Waals surface area (Å²) in [6.07, 6.45) is 5.15. The van der Waals surface area contributed by atoms with Gasteiger partial charge < -0.3 is 10.4 Å². The number of rotatable bonds is 4. The highest BCUT2D eigenvalue weighted by atomic mass is 16.3. The van der Waals surface area contributed by atoms with Gasteiger partial charge in [0, 0.05) is 6.04 Å². The second kappa shape index (κ2) is 5.65. The Hall–Kier alpha value is -0.860. The summed E-state index contributed by atoms with van der Waals surface area (Å²) >= 11 is 0.